The van der Waals surface area contributed by atoms with E-state index in [2.05, 4.69) is 15.0 Å². The van der Waals surface area contributed by atoms with Crippen LogP contribution in [0.4, 0.5) is 4.39 Å². The van der Waals surface area contributed by atoms with Gasteiger partial charge in [-0.3, -0.25) is 14.5 Å². The Morgan fingerprint density at radius 3 is 2.53 bits per heavy atom. The van der Waals surface area contributed by atoms with Crippen LogP contribution in [0, 0.1) is 5.82 Å². The van der Waals surface area contributed by atoms with E-state index in [0.29, 0.717) is 66.1 Å². The molecule has 36 heavy (non-hydrogen) atoms. The lowest BCUT2D eigenvalue weighted by molar-refractivity contribution is -0.140. The number of hydrogen-bond donors (Lipinski definition) is 0. The van der Waals surface area contributed by atoms with E-state index in [1.807, 2.05) is 42.2 Å². The molecule has 1 saturated heterocycles. The Balaban J connectivity index is 1.23. The highest BCUT2D eigenvalue weighted by Gasteiger charge is 2.28. The minimum absolute atomic E-state index is 0.0101. The first-order valence-corrected chi connectivity index (χ1v) is 12.7. The van der Waals surface area contributed by atoms with Gasteiger partial charge in [-0.2, -0.15) is 9.61 Å². The van der Waals surface area contributed by atoms with Crippen LogP contribution in [0.15, 0.2) is 65.5 Å². The summed E-state index contributed by atoms with van der Waals surface area (Å²) in [5, 5.41) is 4.67. The van der Waals surface area contributed by atoms with Crippen molar-refractivity contribution in [1.29, 1.82) is 0 Å². The molecule has 1 unspecified atom stereocenters. The molecule has 1 aliphatic heterocycles. The van der Waals surface area contributed by atoms with E-state index in [9.17, 15) is 14.0 Å². The third kappa shape index (κ3) is 5.14. The minimum atomic E-state index is -0.516. The largest absolute Gasteiger partial charge is 0.481 e. The number of para-hydroxylation sites is 1. The number of rotatable bonds is 7. The number of fused-ring (bicyclic) bond motifs is 1. The van der Waals surface area contributed by atoms with E-state index in [4.69, 9.17) is 4.74 Å². The Bertz CT molecular complexity index is 1420. The van der Waals surface area contributed by atoms with Crippen LogP contribution < -0.4 is 10.3 Å². The Labute approximate surface area is 211 Å². The predicted molar refractivity (Wildman–Crippen MR) is 136 cm³/mol. The van der Waals surface area contributed by atoms with Crippen LogP contribution in [0.5, 0.6) is 5.75 Å². The predicted octanol–water partition coefficient (Wildman–Crippen LogP) is 3.46. The van der Waals surface area contributed by atoms with Gasteiger partial charge in [-0.25, -0.2) is 9.37 Å². The summed E-state index contributed by atoms with van der Waals surface area (Å²) < 4.78 is 21.3. The van der Waals surface area contributed by atoms with Gasteiger partial charge in [0.2, 0.25) is 4.96 Å². The molecule has 0 bridgehead atoms. The first-order valence-electron chi connectivity index (χ1n) is 11.9. The maximum atomic E-state index is 14.2. The number of nitrogens with zero attached hydrogens (tertiary/aromatic N) is 5. The highest BCUT2D eigenvalue weighted by atomic mass is 32.1. The molecule has 0 aliphatic carbocycles. The van der Waals surface area contributed by atoms with Crippen molar-refractivity contribution in [1.82, 2.24) is 24.4 Å². The van der Waals surface area contributed by atoms with E-state index < -0.39 is 11.9 Å². The van der Waals surface area contributed by atoms with E-state index >= 15 is 0 Å². The van der Waals surface area contributed by atoms with Crippen molar-refractivity contribution in [2.24, 2.45) is 0 Å². The van der Waals surface area contributed by atoms with Gasteiger partial charge in [0.25, 0.3) is 11.5 Å². The normalized spacial score (nSPS) is 15.2. The summed E-state index contributed by atoms with van der Waals surface area (Å²) in [6.07, 6.45) is 0.0731. The number of carbonyl (C=O) groups is 1. The molecule has 0 spiro atoms. The standard InChI is InChI=1S/C26H26FN5O3S/c1-2-22(35-19-8-4-3-5-9-19)25(34)31-14-12-30(13-15-31)17-18-16-23(33)32-26(28-18)36-24(29-32)20-10-6-7-11-21(20)27/h3-11,16,22H,2,12-15,17H2,1H3. The Kier molecular flexibility index (Phi) is 7.06. The SMILES string of the molecule is CCC(Oc1ccccc1)C(=O)N1CCN(Cc2cc(=O)n3nc(-c4ccccc4F)sc3n2)CC1. The van der Waals surface area contributed by atoms with Crippen LogP contribution in [-0.4, -0.2) is 62.6 Å². The minimum Gasteiger partial charge on any atom is -0.481 e. The van der Waals surface area contributed by atoms with Crippen molar-refractivity contribution in [3.63, 3.8) is 0 Å². The van der Waals surface area contributed by atoms with Gasteiger partial charge in [0.1, 0.15) is 11.6 Å². The van der Waals surface area contributed by atoms with E-state index in [0.717, 1.165) is 0 Å². The highest BCUT2D eigenvalue weighted by Crippen LogP contribution is 2.26. The van der Waals surface area contributed by atoms with Crippen molar-refractivity contribution in [2.45, 2.75) is 26.0 Å². The second-order valence-corrected chi connectivity index (χ2v) is 9.55. The number of hydrogen-bond acceptors (Lipinski definition) is 7. The molecule has 10 heteroatoms. The number of carbonyl (C=O) groups excluding carboxylic acids is 1. The molecular weight excluding hydrogens is 481 g/mol. The summed E-state index contributed by atoms with van der Waals surface area (Å²) in [6.45, 7) is 4.91. The molecule has 2 aromatic carbocycles. The van der Waals surface area contributed by atoms with E-state index in [1.54, 1.807) is 18.2 Å². The van der Waals surface area contributed by atoms with Gasteiger partial charge < -0.3 is 9.64 Å². The summed E-state index contributed by atoms with van der Waals surface area (Å²) >= 11 is 1.18. The number of amides is 1. The molecule has 1 aliphatic rings. The van der Waals surface area contributed by atoms with Crippen LogP contribution in [-0.2, 0) is 11.3 Å². The van der Waals surface area contributed by atoms with Crippen LogP contribution in [0.1, 0.15) is 19.0 Å². The molecule has 1 amide bonds. The lowest BCUT2D eigenvalue weighted by Gasteiger charge is -2.36. The smallest absolute Gasteiger partial charge is 0.275 e. The van der Waals surface area contributed by atoms with Crippen LogP contribution in [0.25, 0.3) is 15.5 Å². The quantitative estimate of drug-likeness (QED) is 0.381. The summed E-state index contributed by atoms with van der Waals surface area (Å²) in [5.74, 6) is 0.283. The summed E-state index contributed by atoms with van der Waals surface area (Å²) in [6, 6.07) is 17.2. The van der Waals surface area contributed by atoms with Crippen LogP contribution in [0.2, 0.25) is 0 Å². The van der Waals surface area contributed by atoms with Gasteiger partial charge in [-0.1, -0.05) is 48.6 Å². The number of benzene rings is 2. The number of halogens is 1. The molecule has 0 saturated carbocycles. The fourth-order valence-electron chi connectivity index (χ4n) is 4.21. The maximum Gasteiger partial charge on any atom is 0.275 e. The molecule has 2 aromatic heterocycles. The van der Waals surface area contributed by atoms with Gasteiger partial charge in [0, 0.05) is 44.4 Å². The van der Waals surface area contributed by atoms with Crippen molar-refractivity contribution >= 4 is 22.2 Å². The Morgan fingerprint density at radius 2 is 1.81 bits per heavy atom. The average Bonchev–Trinajstić information content (AvgIpc) is 3.33. The Hall–Kier alpha value is -3.63. The molecule has 1 fully saturated rings. The molecule has 5 rings (SSSR count). The van der Waals surface area contributed by atoms with E-state index in [-0.39, 0.29) is 11.5 Å². The van der Waals surface area contributed by atoms with E-state index in [1.165, 1.54) is 28.0 Å². The molecule has 0 radical (unpaired) electrons. The summed E-state index contributed by atoms with van der Waals surface area (Å²) in [5.41, 5.74) is 0.672. The van der Waals surface area contributed by atoms with Crippen LogP contribution >= 0.6 is 11.3 Å². The van der Waals surface area contributed by atoms with Gasteiger partial charge >= 0.3 is 0 Å². The zero-order valence-electron chi connectivity index (χ0n) is 19.8. The lowest BCUT2D eigenvalue weighted by Crippen LogP contribution is -2.52. The van der Waals surface area contributed by atoms with Crippen molar-refractivity contribution in [3.05, 3.63) is 82.5 Å². The van der Waals surface area contributed by atoms with Crippen molar-refractivity contribution in [2.75, 3.05) is 26.2 Å². The summed E-state index contributed by atoms with van der Waals surface area (Å²) in [7, 11) is 0. The molecule has 4 aromatic rings. The lowest BCUT2D eigenvalue weighted by atomic mass is 10.2. The fraction of sp³-hybridized carbons (Fsp3) is 0.308. The van der Waals surface area contributed by atoms with Gasteiger partial charge in [0.15, 0.2) is 11.1 Å². The Morgan fingerprint density at radius 1 is 1.08 bits per heavy atom. The second-order valence-electron chi connectivity index (χ2n) is 8.60. The van der Waals surface area contributed by atoms with Crippen molar-refractivity contribution < 1.29 is 13.9 Å². The number of piperazine rings is 1. The molecule has 0 N–H and O–H groups in total. The summed E-state index contributed by atoms with van der Waals surface area (Å²) in [4.78, 5) is 34.7. The highest BCUT2D eigenvalue weighted by molar-refractivity contribution is 7.19. The molecular formula is C26H26FN5O3S. The van der Waals surface area contributed by atoms with Crippen molar-refractivity contribution in [3.8, 4) is 16.3 Å². The maximum absolute atomic E-state index is 14.2. The van der Waals surface area contributed by atoms with Crippen LogP contribution in [0.3, 0.4) is 0 Å². The average molecular weight is 508 g/mol. The molecule has 8 nitrogen and oxygen atoms in total. The van der Waals surface area contributed by atoms with Gasteiger partial charge in [-0.05, 0) is 30.7 Å². The number of ether oxygens (including phenoxy) is 1. The second kappa shape index (κ2) is 10.5. The first kappa shape index (κ1) is 24.1. The third-order valence-corrected chi connectivity index (χ3v) is 7.08. The zero-order chi connectivity index (χ0) is 25.1. The topological polar surface area (TPSA) is 80.0 Å². The molecule has 1 atom stereocenters. The molecule has 3 heterocycles. The van der Waals surface area contributed by atoms with Gasteiger partial charge in [-0.15, -0.1) is 0 Å². The third-order valence-electron chi connectivity index (χ3n) is 6.14. The number of aromatic nitrogens is 3. The first-order chi connectivity index (χ1) is 17.5. The monoisotopic (exact) mass is 507 g/mol. The fourth-order valence-corrected chi connectivity index (χ4v) is 5.16. The molecule has 186 valence electrons. The zero-order valence-corrected chi connectivity index (χ0v) is 20.7. The van der Waals surface area contributed by atoms with Gasteiger partial charge in [0.05, 0.1) is 5.69 Å².